The average Bonchev–Trinajstić information content (AvgIpc) is 3.36. The lowest BCUT2D eigenvalue weighted by Crippen LogP contribution is -2.28. The molecule has 0 bridgehead atoms. The molecule has 0 saturated heterocycles. The molecule has 3 heterocycles. The summed E-state index contributed by atoms with van der Waals surface area (Å²) in [6.45, 7) is 0.527. The van der Waals surface area contributed by atoms with Crippen LogP contribution in [-0.2, 0) is 13.0 Å². The van der Waals surface area contributed by atoms with E-state index in [1.54, 1.807) is 18.3 Å². The fourth-order valence-electron chi connectivity index (χ4n) is 4.17. The van der Waals surface area contributed by atoms with Crippen molar-refractivity contribution in [2.24, 2.45) is 5.92 Å². The molecule has 1 unspecified atom stereocenters. The Kier molecular flexibility index (Phi) is 5.00. The van der Waals surface area contributed by atoms with Crippen LogP contribution in [0.5, 0.6) is 5.75 Å². The number of nitrogens with one attached hydrogen (secondary N) is 1. The molecule has 2 aromatic heterocycles. The van der Waals surface area contributed by atoms with Crippen LogP contribution in [0.4, 0.5) is 4.39 Å². The fraction of sp³-hybridized carbons (Fsp3) is 0.217. The number of aliphatic hydroxyl groups excluding tert-OH is 1. The Morgan fingerprint density at radius 2 is 2.19 bits per heavy atom. The fourth-order valence-corrected chi connectivity index (χ4v) is 4.37. The molecule has 0 amide bonds. The number of benzene rings is 2. The maximum absolute atomic E-state index is 14.0. The molecule has 0 spiro atoms. The molecule has 1 atom stereocenters. The van der Waals surface area contributed by atoms with E-state index in [0.29, 0.717) is 41.3 Å². The molecule has 31 heavy (non-hydrogen) atoms. The van der Waals surface area contributed by atoms with Gasteiger partial charge in [0.2, 0.25) is 5.95 Å². The third-order valence-electron chi connectivity index (χ3n) is 5.69. The predicted molar refractivity (Wildman–Crippen MR) is 115 cm³/mol. The number of ketones is 1. The quantitative estimate of drug-likeness (QED) is 0.455. The number of H-pyrrole nitrogens is 1. The van der Waals surface area contributed by atoms with Gasteiger partial charge in [0.25, 0.3) is 0 Å². The number of rotatable bonds is 5. The number of halogens is 2. The van der Waals surface area contributed by atoms with E-state index in [0.717, 1.165) is 22.2 Å². The molecule has 1 aliphatic heterocycles. The van der Waals surface area contributed by atoms with E-state index in [9.17, 15) is 14.3 Å². The first-order valence-electron chi connectivity index (χ1n) is 9.93. The molecular formula is C23H19ClFN3O3. The molecule has 0 fully saturated rings. The van der Waals surface area contributed by atoms with Crippen LogP contribution in [0, 0.1) is 11.9 Å². The summed E-state index contributed by atoms with van der Waals surface area (Å²) in [5.74, 6) is -0.143. The van der Waals surface area contributed by atoms with Crippen LogP contribution in [0.3, 0.4) is 0 Å². The van der Waals surface area contributed by atoms with E-state index >= 15 is 0 Å². The number of carbonyl (C=O) groups excluding carboxylic acids is 1. The second-order valence-electron chi connectivity index (χ2n) is 7.62. The first kappa shape index (κ1) is 19.8. The van der Waals surface area contributed by atoms with Gasteiger partial charge in [0.05, 0.1) is 30.9 Å². The van der Waals surface area contributed by atoms with E-state index in [4.69, 9.17) is 16.3 Å². The number of aliphatic hydroxyl groups is 1. The van der Waals surface area contributed by atoms with Crippen molar-refractivity contribution in [1.82, 2.24) is 14.8 Å². The highest BCUT2D eigenvalue weighted by Gasteiger charge is 2.29. The average molecular weight is 440 g/mol. The molecule has 5 rings (SSSR count). The second kappa shape index (κ2) is 7.83. The Balaban J connectivity index is 1.53. The van der Waals surface area contributed by atoms with Gasteiger partial charge >= 0.3 is 0 Å². The van der Waals surface area contributed by atoms with Crippen molar-refractivity contribution >= 4 is 28.3 Å². The molecule has 4 aromatic rings. The minimum Gasteiger partial charge on any atom is -0.493 e. The number of fused-ring (bicyclic) bond motifs is 2. The first-order valence-corrected chi connectivity index (χ1v) is 10.3. The molecule has 6 nitrogen and oxygen atoms in total. The summed E-state index contributed by atoms with van der Waals surface area (Å²) in [7, 11) is 0. The third-order valence-corrected chi connectivity index (χ3v) is 5.93. The Labute approximate surface area is 182 Å². The number of aromatic nitrogens is 3. The number of nitrogens with zero attached hydrogens (tertiary/aromatic N) is 2. The summed E-state index contributed by atoms with van der Waals surface area (Å²) in [4.78, 5) is 13.4. The van der Waals surface area contributed by atoms with Crippen molar-refractivity contribution in [3.8, 4) is 16.9 Å². The summed E-state index contributed by atoms with van der Waals surface area (Å²) < 4.78 is 21.6. The van der Waals surface area contributed by atoms with Gasteiger partial charge in [-0.15, -0.1) is 0 Å². The van der Waals surface area contributed by atoms with Gasteiger partial charge in [-0.1, -0.05) is 23.7 Å². The standard InChI is InChI=1S/C23H19ClFN3O3/c24-16-2-4-21-14(8-16)7-15(12-31-21)22(30)19-11-28(5-6-29)20-9-13(1-3-17(19)20)18-10-26-27-23(18)25/h1-4,8-11,15,29H,5-7,12H2,(H,26,27). The molecule has 8 heteroatoms. The van der Waals surface area contributed by atoms with Crippen molar-refractivity contribution in [3.63, 3.8) is 0 Å². The van der Waals surface area contributed by atoms with Gasteiger partial charge in [0.1, 0.15) is 5.75 Å². The maximum Gasteiger partial charge on any atom is 0.216 e. The Morgan fingerprint density at radius 3 is 2.97 bits per heavy atom. The van der Waals surface area contributed by atoms with Crippen LogP contribution in [0.2, 0.25) is 5.02 Å². The van der Waals surface area contributed by atoms with E-state index in [-0.39, 0.29) is 18.3 Å². The molecule has 2 aromatic carbocycles. The number of aromatic amines is 1. The van der Waals surface area contributed by atoms with E-state index in [1.165, 1.54) is 6.20 Å². The highest BCUT2D eigenvalue weighted by Crippen LogP contribution is 2.34. The van der Waals surface area contributed by atoms with Crippen LogP contribution in [0.1, 0.15) is 15.9 Å². The number of ether oxygens (including phenoxy) is 1. The number of Topliss-reactive ketones (excluding diaryl/α,β-unsaturated/α-hetero) is 1. The lowest BCUT2D eigenvalue weighted by Gasteiger charge is -2.24. The first-order chi connectivity index (χ1) is 15.0. The third kappa shape index (κ3) is 3.49. The van der Waals surface area contributed by atoms with E-state index < -0.39 is 5.95 Å². The smallest absolute Gasteiger partial charge is 0.216 e. The zero-order chi connectivity index (χ0) is 21.5. The molecular weight excluding hydrogens is 421 g/mol. The molecule has 1 aliphatic rings. The van der Waals surface area contributed by atoms with Crippen molar-refractivity contribution in [1.29, 1.82) is 0 Å². The van der Waals surface area contributed by atoms with Crippen LogP contribution in [-0.4, -0.2) is 38.9 Å². The maximum atomic E-state index is 14.0. The van der Waals surface area contributed by atoms with Gasteiger partial charge < -0.3 is 14.4 Å². The van der Waals surface area contributed by atoms with E-state index in [2.05, 4.69) is 10.2 Å². The van der Waals surface area contributed by atoms with Crippen molar-refractivity contribution < 1.29 is 19.0 Å². The SMILES string of the molecule is O=C(c1cn(CCO)c2cc(-c3cn[nH]c3F)ccc12)C1COc2ccc(Cl)cc2C1. The van der Waals surface area contributed by atoms with Crippen LogP contribution in [0.25, 0.3) is 22.0 Å². The lowest BCUT2D eigenvalue weighted by atomic mass is 9.89. The lowest BCUT2D eigenvalue weighted by molar-refractivity contribution is 0.0856. The zero-order valence-electron chi connectivity index (χ0n) is 16.4. The van der Waals surface area contributed by atoms with Crippen LogP contribution in [0.15, 0.2) is 48.8 Å². The summed E-state index contributed by atoms with van der Waals surface area (Å²) in [5, 5.41) is 16.9. The van der Waals surface area contributed by atoms with Crippen LogP contribution < -0.4 is 4.74 Å². The summed E-state index contributed by atoms with van der Waals surface area (Å²) >= 11 is 6.10. The highest BCUT2D eigenvalue weighted by molar-refractivity contribution is 6.30. The Morgan fingerprint density at radius 1 is 1.32 bits per heavy atom. The summed E-state index contributed by atoms with van der Waals surface area (Å²) in [6, 6.07) is 10.8. The van der Waals surface area contributed by atoms with Crippen LogP contribution >= 0.6 is 11.6 Å². The number of hydrogen-bond acceptors (Lipinski definition) is 4. The Hall–Kier alpha value is -3.16. The largest absolute Gasteiger partial charge is 0.493 e. The summed E-state index contributed by atoms with van der Waals surface area (Å²) in [6.07, 6.45) is 3.72. The minimum atomic E-state index is -0.521. The molecule has 0 radical (unpaired) electrons. The Bertz CT molecular complexity index is 1300. The van der Waals surface area contributed by atoms with Crippen molar-refractivity contribution in [3.05, 3.63) is 70.9 Å². The number of carbonyl (C=O) groups is 1. The molecule has 0 saturated carbocycles. The van der Waals surface area contributed by atoms with Crippen molar-refractivity contribution in [2.45, 2.75) is 13.0 Å². The van der Waals surface area contributed by atoms with Gasteiger partial charge in [-0.05, 0) is 41.8 Å². The molecule has 2 N–H and O–H groups in total. The minimum absolute atomic E-state index is 0.0328. The normalized spacial score (nSPS) is 15.6. The highest BCUT2D eigenvalue weighted by atomic mass is 35.5. The number of hydrogen-bond donors (Lipinski definition) is 2. The zero-order valence-corrected chi connectivity index (χ0v) is 17.2. The molecule has 0 aliphatic carbocycles. The second-order valence-corrected chi connectivity index (χ2v) is 8.05. The van der Waals surface area contributed by atoms with E-state index in [1.807, 2.05) is 28.8 Å². The van der Waals surface area contributed by atoms with Crippen molar-refractivity contribution in [2.75, 3.05) is 13.2 Å². The topological polar surface area (TPSA) is 80.1 Å². The predicted octanol–water partition coefficient (Wildman–Crippen LogP) is 4.25. The summed E-state index contributed by atoms with van der Waals surface area (Å²) in [5.41, 5.74) is 3.20. The van der Waals surface area contributed by atoms with Gasteiger partial charge in [-0.2, -0.15) is 9.49 Å². The molecule has 158 valence electrons. The van der Waals surface area contributed by atoms with Gasteiger partial charge in [-0.3, -0.25) is 9.89 Å². The monoisotopic (exact) mass is 439 g/mol. The van der Waals surface area contributed by atoms with Gasteiger partial charge in [-0.25, -0.2) is 0 Å². The van der Waals surface area contributed by atoms with Gasteiger partial charge in [0.15, 0.2) is 5.78 Å². The van der Waals surface area contributed by atoms with Gasteiger partial charge in [0, 0.05) is 34.2 Å².